The zero-order valence-corrected chi connectivity index (χ0v) is 14.0. The second-order valence-electron chi connectivity index (χ2n) is 4.62. The van der Waals surface area contributed by atoms with E-state index in [9.17, 15) is 14.7 Å². The summed E-state index contributed by atoms with van der Waals surface area (Å²) in [7, 11) is 3.05. The van der Waals surface area contributed by atoms with Crippen molar-refractivity contribution in [1.29, 1.82) is 0 Å². The summed E-state index contributed by atoms with van der Waals surface area (Å²) in [5.41, 5.74) is 0.0614. The van der Waals surface area contributed by atoms with E-state index in [2.05, 4.69) is 15.3 Å². The number of aromatic hydroxyl groups is 1. The molecule has 2 aromatic rings. The third-order valence-corrected chi connectivity index (χ3v) is 3.83. The molecule has 0 fully saturated rings. The summed E-state index contributed by atoms with van der Waals surface area (Å²) in [4.78, 5) is 29.5. The number of aromatic nitrogens is 2. The van der Waals surface area contributed by atoms with Crippen molar-refractivity contribution in [2.75, 3.05) is 25.3 Å². The number of carbonyl (C=O) groups excluding carboxylic acids is 1. The second kappa shape index (κ2) is 8.25. The van der Waals surface area contributed by atoms with E-state index in [0.717, 1.165) is 17.8 Å². The number of anilines is 1. The zero-order valence-electron chi connectivity index (χ0n) is 13.2. The van der Waals surface area contributed by atoms with Gasteiger partial charge in [-0.3, -0.25) is 9.59 Å². The molecule has 128 valence electrons. The molecule has 9 heteroatoms. The topological polar surface area (TPSA) is 114 Å². The lowest BCUT2D eigenvalue weighted by atomic mass is 10.2. The summed E-state index contributed by atoms with van der Waals surface area (Å²) >= 11 is 1.16. The van der Waals surface area contributed by atoms with E-state index in [1.54, 1.807) is 18.2 Å². The summed E-state index contributed by atoms with van der Waals surface area (Å²) in [6.45, 7) is 0. The van der Waals surface area contributed by atoms with Crippen LogP contribution in [0.15, 0.2) is 34.2 Å². The average Bonchev–Trinajstić information content (AvgIpc) is 2.53. The number of hydrogen-bond acceptors (Lipinski definition) is 7. The number of carbonyl (C=O) groups is 1. The van der Waals surface area contributed by atoms with Crippen LogP contribution in [0.2, 0.25) is 0 Å². The Balaban J connectivity index is 1.92. The molecule has 0 spiro atoms. The number of ether oxygens (including phenoxy) is 2. The molecule has 1 heterocycles. The first-order valence-electron chi connectivity index (χ1n) is 6.97. The molecule has 0 aliphatic carbocycles. The van der Waals surface area contributed by atoms with Crippen molar-refractivity contribution in [3.63, 3.8) is 0 Å². The van der Waals surface area contributed by atoms with Gasteiger partial charge in [-0.05, 0) is 12.1 Å². The summed E-state index contributed by atoms with van der Waals surface area (Å²) < 4.78 is 10.3. The van der Waals surface area contributed by atoms with E-state index in [1.165, 1.54) is 14.2 Å². The minimum atomic E-state index is -0.449. The largest absolute Gasteiger partial charge is 0.497 e. The molecule has 8 nitrogen and oxygen atoms in total. The fourth-order valence-corrected chi connectivity index (χ4v) is 2.67. The number of H-pyrrole nitrogens is 1. The molecule has 0 aliphatic rings. The maximum absolute atomic E-state index is 12.0. The third kappa shape index (κ3) is 4.92. The average molecular weight is 351 g/mol. The first-order chi connectivity index (χ1) is 11.5. The maximum atomic E-state index is 12.0. The minimum absolute atomic E-state index is 0.185. The highest BCUT2D eigenvalue weighted by atomic mass is 32.2. The molecule has 24 heavy (non-hydrogen) atoms. The van der Waals surface area contributed by atoms with E-state index in [1.807, 2.05) is 0 Å². The number of thioether (sulfide) groups is 1. The van der Waals surface area contributed by atoms with Crippen LogP contribution in [0, 0.1) is 0 Å². The van der Waals surface area contributed by atoms with E-state index in [4.69, 9.17) is 9.47 Å². The van der Waals surface area contributed by atoms with Gasteiger partial charge in [0.15, 0.2) is 5.16 Å². The highest BCUT2D eigenvalue weighted by Gasteiger charge is 2.10. The lowest BCUT2D eigenvalue weighted by Gasteiger charge is -2.11. The first-order valence-corrected chi connectivity index (χ1v) is 7.95. The molecule has 0 saturated carbocycles. The van der Waals surface area contributed by atoms with Crippen LogP contribution in [-0.4, -0.2) is 41.0 Å². The molecular weight excluding hydrogens is 334 g/mol. The molecular formula is C15H17N3O5S. The van der Waals surface area contributed by atoms with Gasteiger partial charge in [-0.2, -0.15) is 4.98 Å². The van der Waals surface area contributed by atoms with Crippen LogP contribution in [0.1, 0.15) is 6.42 Å². The zero-order chi connectivity index (χ0) is 17.5. The molecule has 0 aliphatic heterocycles. The van der Waals surface area contributed by atoms with E-state index < -0.39 is 5.56 Å². The Kier molecular flexibility index (Phi) is 6.07. The van der Waals surface area contributed by atoms with Gasteiger partial charge in [0.2, 0.25) is 11.8 Å². The van der Waals surface area contributed by atoms with Gasteiger partial charge in [0.1, 0.15) is 11.5 Å². The van der Waals surface area contributed by atoms with Gasteiger partial charge in [-0.1, -0.05) is 11.8 Å². The Morgan fingerprint density at radius 3 is 2.79 bits per heavy atom. The Labute approximate surface area is 142 Å². The standard InChI is InChI=1S/C15H17N3O5S/c1-22-9-3-4-11(23-2)10(7-9)16-12(19)5-6-24-15-17-13(20)8-14(21)18-15/h3-4,7-8H,5-6H2,1-2H3,(H,16,19)(H2,17,18,20,21). The van der Waals surface area contributed by atoms with Crippen molar-refractivity contribution in [3.8, 4) is 17.4 Å². The van der Waals surface area contributed by atoms with Crippen LogP contribution in [0.25, 0.3) is 0 Å². The summed E-state index contributed by atoms with van der Waals surface area (Å²) in [5.74, 6) is 0.922. The lowest BCUT2D eigenvalue weighted by molar-refractivity contribution is -0.115. The van der Waals surface area contributed by atoms with Crippen LogP contribution in [-0.2, 0) is 4.79 Å². The van der Waals surface area contributed by atoms with Crippen molar-refractivity contribution >= 4 is 23.4 Å². The first kappa shape index (κ1) is 17.7. The van der Waals surface area contributed by atoms with Crippen molar-refractivity contribution in [2.24, 2.45) is 0 Å². The molecule has 0 unspecified atom stereocenters. The van der Waals surface area contributed by atoms with Crippen LogP contribution in [0.5, 0.6) is 17.4 Å². The highest BCUT2D eigenvalue weighted by Crippen LogP contribution is 2.29. The Morgan fingerprint density at radius 2 is 2.12 bits per heavy atom. The van der Waals surface area contributed by atoms with Crippen molar-refractivity contribution in [2.45, 2.75) is 11.6 Å². The quantitative estimate of drug-likeness (QED) is 0.513. The Morgan fingerprint density at radius 1 is 1.33 bits per heavy atom. The van der Waals surface area contributed by atoms with Crippen molar-refractivity contribution in [1.82, 2.24) is 9.97 Å². The van der Waals surface area contributed by atoms with Gasteiger partial charge < -0.3 is 24.9 Å². The van der Waals surface area contributed by atoms with Crippen LogP contribution >= 0.6 is 11.8 Å². The molecule has 0 atom stereocenters. The number of benzene rings is 1. The molecule has 0 bridgehead atoms. The predicted molar refractivity (Wildman–Crippen MR) is 90.0 cm³/mol. The SMILES string of the molecule is COc1ccc(OC)c(NC(=O)CCSc2nc(O)cc(=O)[nH]2)c1. The predicted octanol–water partition coefficient (Wildman–Crippen LogP) is 1.61. The second-order valence-corrected chi connectivity index (χ2v) is 5.71. The number of amides is 1. The molecule has 3 N–H and O–H groups in total. The fraction of sp³-hybridized carbons (Fsp3) is 0.267. The van der Waals surface area contributed by atoms with E-state index >= 15 is 0 Å². The number of hydrogen-bond donors (Lipinski definition) is 3. The molecule has 0 saturated heterocycles. The smallest absolute Gasteiger partial charge is 0.255 e. The van der Waals surface area contributed by atoms with Gasteiger partial charge >= 0.3 is 0 Å². The Hall–Kier alpha value is -2.68. The lowest BCUT2D eigenvalue weighted by Crippen LogP contribution is -2.13. The molecule has 2 rings (SSSR count). The Bertz CT molecular complexity index is 778. The molecule has 0 radical (unpaired) electrons. The molecule has 1 aromatic carbocycles. The van der Waals surface area contributed by atoms with Gasteiger partial charge in [-0.15, -0.1) is 0 Å². The number of nitrogens with zero attached hydrogens (tertiary/aromatic N) is 1. The summed E-state index contributed by atoms with van der Waals surface area (Å²) in [6.07, 6.45) is 0.185. The van der Waals surface area contributed by atoms with Crippen molar-refractivity contribution < 1.29 is 19.4 Å². The minimum Gasteiger partial charge on any atom is -0.497 e. The molecule has 1 aromatic heterocycles. The fourth-order valence-electron chi connectivity index (χ4n) is 1.86. The number of aromatic amines is 1. The monoisotopic (exact) mass is 351 g/mol. The summed E-state index contributed by atoms with van der Waals surface area (Å²) in [5, 5.41) is 12.3. The summed E-state index contributed by atoms with van der Waals surface area (Å²) in [6, 6.07) is 6.07. The molecule has 1 amide bonds. The van der Waals surface area contributed by atoms with Gasteiger partial charge in [0.25, 0.3) is 5.56 Å². The van der Waals surface area contributed by atoms with Gasteiger partial charge in [-0.25, -0.2) is 0 Å². The third-order valence-electron chi connectivity index (χ3n) is 2.96. The normalized spacial score (nSPS) is 10.2. The van der Waals surface area contributed by atoms with E-state index in [0.29, 0.717) is 22.9 Å². The van der Waals surface area contributed by atoms with Crippen LogP contribution < -0.4 is 20.3 Å². The number of methoxy groups -OCH3 is 2. The van der Waals surface area contributed by atoms with Crippen LogP contribution in [0.4, 0.5) is 5.69 Å². The highest BCUT2D eigenvalue weighted by molar-refractivity contribution is 7.99. The van der Waals surface area contributed by atoms with E-state index in [-0.39, 0.29) is 23.4 Å². The van der Waals surface area contributed by atoms with Crippen LogP contribution in [0.3, 0.4) is 0 Å². The van der Waals surface area contributed by atoms with Gasteiger partial charge in [0, 0.05) is 18.2 Å². The number of nitrogens with one attached hydrogen (secondary N) is 2. The van der Waals surface area contributed by atoms with Crippen molar-refractivity contribution in [3.05, 3.63) is 34.6 Å². The number of rotatable bonds is 7. The maximum Gasteiger partial charge on any atom is 0.255 e. The van der Waals surface area contributed by atoms with Gasteiger partial charge in [0.05, 0.1) is 26.0 Å².